The van der Waals surface area contributed by atoms with Crippen molar-refractivity contribution in [2.24, 2.45) is 0 Å². The molecule has 1 rings (SSSR count). The molecule has 0 atom stereocenters. The highest BCUT2D eigenvalue weighted by molar-refractivity contribution is 7.09. The molecule has 1 nitrogen and oxygen atoms in total. The lowest BCUT2D eigenvalue weighted by atomic mass is 10.2. The van der Waals surface area contributed by atoms with Crippen molar-refractivity contribution in [2.45, 2.75) is 32.2 Å². The first-order chi connectivity index (χ1) is 7.33. The number of alkyl halides is 1. The van der Waals surface area contributed by atoms with Gasteiger partial charge in [-0.25, -0.2) is 0 Å². The SMILES string of the molecule is CN(CCCCCCCl)Cc1cccs1. The van der Waals surface area contributed by atoms with E-state index in [4.69, 9.17) is 11.6 Å². The molecule has 0 spiro atoms. The maximum Gasteiger partial charge on any atom is 0.0324 e. The summed E-state index contributed by atoms with van der Waals surface area (Å²) >= 11 is 7.47. The number of hydrogen-bond acceptors (Lipinski definition) is 2. The third-order valence-electron chi connectivity index (χ3n) is 2.43. The molecule has 1 aromatic rings. The van der Waals surface area contributed by atoms with Gasteiger partial charge in [-0.1, -0.05) is 18.9 Å². The molecular weight excluding hydrogens is 226 g/mol. The van der Waals surface area contributed by atoms with Gasteiger partial charge in [0.05, 0.1) is 0 Å². The lowest BCUT2D eigenvalue weighted by molar-refractivity contribution is 0.320. The monoisotopic (exact) mass is 245 g/mol. The summed E-state index contributed by atoms with van der Waals surface area (Å²) in [6, 6.07) is 4.32. The predicted octanol–water partition coefficient (Wildman–Crippen LogP) is 3.98. The topological polar surface area (TPSA) is 3.24 Å². The standard InChI is InChI=1S/C12H20ClNS/c1-14(9-5-3-2-4-8-13)11-12-7-6-10-15-12/h6-7,10H,2-5,8-9,11H2,1H3. The molecule has 0 N–H and O–H groups in total. The van der Waals surface area contributed by atoms with Crippen LogP contribution in [0, 0.1) is 0 Å². The summed E-state index contributed by atoms with van der Waals surface area (Å²) < 4.78 is 0. The predicted molar refractivity (Wildman–Crippen MR) is 69.8 cm³/mol. The van der Waals surface area contributed by atoms with E-state index in [0.717, 1.165) is 18.8 Å². The normalized spacial score (nSPS) is 11.1. The van der Waals surface area contributed by atoms with Gasteiger partial charge in [-0.2, -0.15) is 0 Å². The van der Waals surface area contributed by atoms with E-state index >= 15 is 0 Å². The van der Waals surface area contributed by atoms with E-state index in [2.05, 4.69) is 29.5 Å². The highest BCUT2D eigenvalue weighted by Crippen LogP contribution is 2.11. The molecule has 15 heavy (non-hydrogen) atoms. The Kier molecular flexibility index (Phi) is 7.07. The highest BCUT2D eigenvalue weighted by atomic mass is 35.5. The lowest BCUT2D eigenvalue weighted by Crippen LogP contribution is -2.18. The number of halogens is 1. The van der Waals surface area contributed by atoms with Gasteiger partial charge in [-0.05, 0) is 37.9 Å². The zero-order chi connectivity index (χ0) is 10.9. The van der Waals surface area contributed by atoms with Crippen LogP contribution in [-0.4, -0.2) is 24.4 Å². The number of unbranched alkanes of at least 4 members (excludes halogenated alkanes) is 3. The molecule has 0 bridgehead atoms. The molecule has 0 aromatic carbocycles. The van der Waals surface area contributed by atoms with Crippen LogP contribution in [0.15, 0.2) is 17.5 Å². The van der Waals surface area contributed by atoms with Crippen molar-refractivity contribution in [2.75, 3.05) is 19.5 Å². The van der Waals surface area contributed by atoms with Crippen LogP contribution < -0.4 is 0 Å². The van der Waals surface area contributed by atoms with Crippen molar-refractivity contribution in [3.63, 3.8) is 0 Å². The lowest BCUT2D eigenvalue weighted by Gasteiger charge is -2.15. The summed E-state index contributed by atoms with van der Waals surface area (Å²) in [7, 11) is 2.20. The minimum absolute atomic E-state index is 0.811. The fourth-order valence-electron chi connectivity index (χ4n) is 1.58. The molecule has 0 aliphatic rings. The van der Waals surface area contributed by atoms with Gasteiger partial charge in [0.15, 0.2) is 0 Å². The van der Waals surface area contributed by atoms with Gasteiger partial charge < -0.3 is 4.90 Å². The number of hydrogen-bond donors (Lipinski definition) is 0. The Bertz CT molecular complexity index is 236. The van der Waals surface area contributed by atoms with E-state index in [0.29, 0.717) is 0 Å². The Hall–Kier alpha value is -0.0500. The van der Waals surface area contributed by atoms with Gasteiger partial charge in [0.1, 0.15) is 0 Å². The van der Waals surface area contributed by atoms with Gasteiger partial charge in [-0.3, -0.25) is 0 Å². The molecule has 3 heteroatoms. The third kappa shape index (κ3) is 6.18. The first kappa shape index (κ1) is 13.0. The van der Waals surface area contributed by atoms with Gasteiger partial charge in [-0.15, -0.1) is 22.9 Å². The minimum atomic E-state index is 0.811. The largest absolute Gasteiger partial charge is 0.301 e. The molecule has 0 radical (unpaired) electrons. The molecular formula is C12H20ClNS. The first-order valence-electron chi connectivity index (χ1n) is 5.60. The van der Waals surface area contributed by atoms with E-state index in [9.17, 15) is 0 Å². The van der Waals surface area contributed by atoms with E-state index in [1.54, 1.807) is 0 Å². The summed E-state index contributed by atoms with van der Waals surface area (Å²) in [6.07, 6.45) is 5.03. The fourth-order valence-corrected chi connectivity index (χ4v) is 2.55. The summed E-state index contributed by atoms with van der Waals surface area (Å²) in [6.45, 7) is 2.29. The fraction of sp³-hybridized carbons (Fsp3) is 0.667. The van der Waals surface area contributed by atoms with Gasteiger partial charge >= 0.3 is 0 Å². The van der Waals surface area contributed by atoms with Crippen LogP contribution >= 0.6 is 22.9 Å². The Morgan fingerprint density at radius 2 is 2.07 bits per heavy atom. The van der Waals surface area contributed by atoms with E-state index in [1.165, 1.54) is 30.7 Å². The van der Waals surface area contributed by atoms with Gasteiger partial charge in [0, 0.05) is 17.3 Å². The minimum Gasteiger partial charge on any atom is -0.301 e. The maximum atomic E-state index is 5.63. The van der Waals surface area contributed by atoms with Gasteiger partial charge in [0.2, 0.25) is 0 Å². The van der Waals surface area contributed by atoms with Crippen LogP contribution in [0.25, 0.3) is 0 Å². The molecule has 0 aliphatic heterocycles. The number of thiophene rings is 1. The van der Waals surface area contributed by atoms with Crippen molar-refractivity contribution >= 4 is 22.9 Å². The summed E-state index contributed by atoms with van der Waals surface area (Å²) in [5.74, 6) is 0.811. The van der Waals surface area contributed by atoms with Crippen LogP contribution in [-0.2, 0) is 6.54 Å². The average Bonchev–Trinajstić information content (AvgIpc) is 2.70. The van der Waals surface area contributed by atoms with E-state index < -0.39 is 0 Å². The zero-order valence-corrected chi connectivity index (χ0v) is 11.0. The third-order valence-corrected chi connectivity index (χ3v) is 3.56. The smallest absolute Gasteiger partial charge is 0.0324 e. The molecule has 0 fully saturated rings. The molecule has 1 heterocycles. The van der Waals surface area contributed by atoms with Crippen LogP contribution in [0.2, 0.25) is 0 Å². The quantitative estimate of drug-likeness (QED) is 0.495. The Labute approximate surface area is 102 Å². The van der Waals surface area contributed by atoms with Crippen molar-refractivity contribution in [3.8, 4) is 0 Å². The van der Waals surface area contributed by atoms with E-state index in [-0.39, 0.29) is 0 Å². The summed E-state index contributed by atoms with van der Waals surface area (Å²) in [5.41, 5.74) is 0. The zero-order valence-electron chi connectivity index (χ0n) is 9.42. The second kappa shape index (κ2) is 8.14. The van der Waals surface area contributed by atoms with Crippen molar-refractivity contribution < 1.29 is 0 Å². The highest BCUT2D eigenvalue weighted by Gasteiger charge is 2.00. The van der Waals surface area contributed by atoms with Crippen molar-refractivity contribution in [3.05, 3.63) is 22.4 Å². The molecule has 0 unspecified atom stereocenters. The second-order valence-electron chi connectivity index (χ2n) is 3.92. The van der Waals surface area contributed by atoms with Crippen LogP contribution in [0.3, 0.4) is 0 Å². The molecule has 1 aromatic heterocycles. The Morgan fingerprint density at radius 1 is 1.27 bits per heavy atom. The molecule has 86 valence electrons. The van der Waals surface area contributed by atoms with Crippen LogP contribution in [0.4, 0.5) is 0 Å². The van der Waals surface area contributed by atoms with Crippen molar-refractivity contribution in [1.29, 1.82) is 0 Å². The Morgan fingerprint density at radius 3 is 2.73 bits per heavy atom. The molecule has 0 saturated heterocycles. The molecule has 0 amide bonds. The van der Waals surface area contributed by atoms with Gasteiger partial charge in [0.25, 0.3) is 0 Å². The first-order valence-corrected chi connectivity index (χ1v) is 7.01. The number of rotatable bonds is 8. The summed E-state index contributed by atoms with van der Waals surface area (Å²) in [5, 5.41) is 2.14. The Balaban J connectivity index is 2.01. The van der Waals surface area contributed by atoms with Crippen LogP contribution in [0.1, 0.15) is 30.6 Å². The molecule has 0 saturated carbocycles. The molecule has 0 aliphatic carbocycles. The summed E-state index contributed by atoms with van der Waals surface area (Å²) in [4.78, 5) is 3.85. The maximum absolute atomic E-state index is 5.63. The van der Waals surface area contributed by atoms with Crippen molar-refractivity contribution in [1.82, 2.24) is 4.90 Å². The van der Waals surface area contributed by atoms with Crippen LogP contribution in [0.5, 0.6) is 0 Å². The average molecular weight is 246 g/mol. The second-order valence-corrected chi connectivity index (χ2v) is 5.33. The van der Waals surface area contributed by atoms with E-state index in [1.807, 2.05) is 11.3 Å². The number of nitrogens with zero attached hydrogens (tertiary/aromatic N) is 1.